The van der Waals surface area contributed by atoms with Gasteiger partial charge in [-0.05, 0) is 55.2 Å². The van der Waals surface area contributed by atoms with Gasteiger partial charge < -0.3 is 10.4 Å². The third-order valence-electron chi connectivity index (χ3n) is 4.12. The predicted molar refractivity (Wildman–Crippen MR) is 112 cm³/mol. The summed E-state index contributed by atoms with van der Waals surface area (Å²) in [6.07, 6.45) is 3.08. The van der Waals surface area contributed by atoms with Crippen LogP contribution in [0.5, 0.6) is 0 Å². The van der Waals surface area contributed by atoms with Crippen molar-refractivity contribution in [3.05, 3.63) is 64.9 Å². The van der Waals surface area contributed by atoms with E-state index in [0.29, 0.717) is 16.6 Å². The maximum atomic E-state index is 12.3. The normalized spacial score (nSPS) is 10.8. The number of hydrogen-bond donors (Lipinski definition) is 2. The Bertz CT molecular complexity index is 961. The van der Waals surface area contributed by atoms with Gasteiger partial charge in [0, 0.05) is 17.3 Å². The lowest BCUT2D eigenvalue weighted by molar-refractivity contribution is -0.113. The second-order valence-corrected chi connectivity index (χ2v) is 7.63. The minimum atomic E-state index is -0.124. The average Bonchev–Trinajstić information content (AvgIpc) is 3.16. The van der Waals surface area contributed by atoms with Crippen molar-refractivity contribution in [2.45, 2.75) is 24.9 Å². The van der Waals surface area contributed by atoms with E-state index >= 15 is 0 Å². The van der Waals surface area contributed by atoms with E-state index in [1.54, 1.807) is 10.9 Å². The summed E-state index contributed by atoms with van der Waals surface area (Å²) in [6.45, 7) is 2.09. The van der Waals surface area contributed by atoms with Gasteiger partial charge in [-0.2, -0.15) is 0 Å². The third-order valence-corrected chi connectivity index (χ3v) is 5.47. The largest absolute Gasteiger partial charge is 0.396 e. The highest BCUT2D eigenvalue weighted by molar-refractivity contribution is 7.99. The molecule has 1 heterocycles. The molecule has 0 saturated heterocycles. The van der Waals surface area contributed by atoms with Crippen molar-refractivity contribution in [2.75, 3.05) is 17.7 Å². The number of benzene rings is 2. The van der Waals surface area contributed by atoms with Gasteiger partial charge in [0.25, 0.3) is 0 Å². The zero-order valence-electron chi connectivity index (χ0n) is 15.4. The molecule has 0 aliphatic carbocycles. The molecule has 2 aromatic carbocycles. The van der Waals surface area contributed by atoms with Crippen LogP contribution < -0.4 is 5.32 Å². The first kappa shape index (κ1) is 20.4. The van der Waals surface area contributed by atoms with Gasteiger partial charge in [0.05, 0.1) is 11.4 Å². The van der Waals surface area contributed by atoms with Gasteiger partial charge in [-0.25, -0.2) is 0 Å². The fourth-order valence-corrected chi connectivity index (χ4v) is 3.55. The van der Waals surface area contributed by atoms with Crippen LogP contribution in [-0.4, -0.2) is 38.1 Å². The van der Waals surface area contributed by atoms with Crippen molar-refractivity contribution in [1.29, 1.82) is 0 Å². The maximum Gasteiger partial charge on any atom is 0.234 e. The SMILES string of the molecule is Cc1ccc(-n2cnnc2SCC(=O)Nc2cccc(CCCO)c2)cc1Cl. The monoisotopic (exact) mass is 416 g/mol. The van der Waals surface area contributed by atoms with Crippen LogP contribution in [0.1, 0.15) is 17.5 Å². The Balaban J connectivity index is 1.61. The first-order valence-corrected chi connectivity index (χ1v) is 10.2. The molecule has 3 rings (SSSR count). The highest BCUT2D eigenvalue weighted by atomic mass is 35.5. The summed E-state index contributed by atoms with van der Waals surface area (Å²) in [7, 11) is 0. The van der Waals surface area contributed by atoms with Gasteiger partial charge in [0.15, 0.2) is 5.16 Å². The number of thioether (sulfide) groups is 1. The second-order valence-electron chi connectivity index (χ2n) is 6.28. The van der Waals surface area contributed by atoms with Crippen LogP contribution in [0.15, 0.2) is 53.9 Å². The first-order chi connectivity index (χ1) is 13.6. The summed E-state index contributed by atoms with van der Waals surface area (Å²) in [5.41, 5.74) is 3.66. The lowest BCUT2D eigenvalue weighted by Crippen LogP contribution is -2.14. The van der Waals surface area contributed by atoms with Crippen LogP contribution in [0.3, 0.4) is 0 Å². The molecular formula is C20H21ClN4O2S. The highest BCUT2D eigenvalue weighted by Gasteiger charge is 2.11. The predicted octanol–water partition coefficient (Wildman–Crippen LogP) is 3.88. The smallest absolute Gasteiger partial charge is 0.234 e. The summed E-state index contributed by atoms with van der Waals surface area (Å²) in [6, 6.07) is 13.4. The molecule has 0 saturated carbocycles. The standard InChI is InChI=1S/C20H21ClN4O2S/c1-14-7-8-17(11-18(14)21)25-13-22-24-20(25)28-12-19(27)23-16-6-2-4-15(10-16)5-3-9-26/h2,4,6-8,10-11,13,26H,3,5,9,12H2,1H3,(H,23,27). The van der Waals surface area contributed by atoms with E-state index in [0.717, 1.165) is 28.9 Å². The van der Waals surface area contributed by atoms with Crippen molar-refractivity contribution in [3.8, 4) is 5.69 Å². The Morgan fingerprint density at radius 2 is 2.14 bits per heavy atom. The number of halogens is 1. The lowest BCUT2D eigenvalue weighted by Gasteiger charge is -2.09. The fraction of sp³-hybridized carbons (Fsp3) is 0.250. The van der Waals surface area contributed by atoms with Crippen LogP contribution in [-0.2, 0) is 11.2 Å². The Hall–Kier alpha value is -2.35. The van der Waals surface area contributed by atoms with Crippen LogP contribution >= 0.6 is 23.4 Å². The summed E-state index contributed by atoms with van der Waals surface area (Å²) < 4.78 is 1.80. The van der Waals surface area contributed by atoms with E-state index in [9.17, 15) is 4.79 Å². The lowest BCUT2D eigenvalue weighted by atomic mass is 10.1. The molecule has 0 aliphatic heterocycles. The molecule has 28 heavy (non-hydrogen) atoms. The van der Waals surface area contributed by atoms with Gasteiger partial charge >= 0.3 is 0 Å². The van der Waals surface area contributed by atoms with E-state index in [4.69, 9.17) is 16.7 Å². The number of carbonyl (C=O) groups excluding carboxylic acids is 1. The molecule has 8 heteroatoms. The molecule has 0 aliphatic rings. The van der Waals surface area contributed by atoms with Crippen LogP contribution in [0, 0.1) is 6.92 Å². The van der Waals surface area contributed by atoms with E-state index in [1.807, 2.05) is 49.4 Å². The number of rotatable bonds is 8. The van der Waals surface area contributed by atoms with E-state index in [-0.39, 0.29) is 18.3 Å². The number of carbonyl (C=O) groups is 1. The first-order valence-electron chi connectivity index (χ1n) is 8.86. The third kappa shape index (κ3) is 5.34. The molecule has 0 bridgehead atoms. The number of aliphatic hydroxyl groups is 1. The number of aryl methyl sites for hydroxylation is 2. The minimum absolute atomic E-state index is 0.124. The summed E-state index contributed by atoms with van der Waals surface area (Å²) >= 11 is 7.51. The number of nitrogens with one attached hydrogen (secondary N) is 1. The van der Waals surface area contributed by atoms with E-state index in [1.165, 1.54) is 11.8 Å². The summed E-state index contributed by atoms with van der Waals surface area (Å²) in [5.74, 6) is 0.0832. The van der Waals surface area contributed by atoms with Crippen molar-refractivity contribution in [2.24, 2.45) is 0 Å². The highest BCUT2D eigenvalue weighted by Crippen LogP contribution is 2.24. The maximum absolute atomic E-state index is 12.3. The molecule has 3 aromatic rings. The number of anilines is 1. The van der Waals surface area contributed by atoms with E-state index in [2.05, 4.69) is 15.5 Å². The minimum Gasteiger partial charge on any atom is -0.396 e. The Kier molecular flexibility index (Phi) is 7.08. The Morgan fingerprint density at radius 3 is 2.93 bits per heavy atom. The molecule has 1 aromatic heterocycles. The molecule has 0 fully saturated rings. The summed E-state index contributed by atoms with van der Waals surface area (Å²) in [5, 5.41) is 21.2. The van der Waals surface area contributed by atoms with Gasteiger partial charge in [-0.1, -0.05) is 41.6 Å². The number of aromatic nitrogens is 3. The zero-order valence-corrected chi connectivity index (χ0v) is 17.0. The van der Waals surface area contributed by atoms with E-state index < -0.39 is 0 Å². The number of nitrogens with zero attached hydrogens (tertiary/aromatic N) is 3. The molecule has 0 unspecified atom stereocenters. The Morgan fingerprint density at radius 1 is 1.29 bits per heavy atom. The zero-order chi connectivity index (χ0) is 19.9. The number of hydrogen-bond acceptors (Lipinski definition) is 5. The van der Waals surface area contributed by atoms with Gasteiger partial charge in [0.1, 0.15) is 6.33 Å². The summed E-state index contributed by atoms with van der Waals surface area (Å²) in [4.78, 5) is 12.3. The molecule has 146 valence electrons. The quantitative estimate of drug-likeness (QED) is 0.544. The van der Waals surface area contributed by atoms with Crippen molar-refractivity contribution in [3.63, 3.8) is 0 Å². The topological polar surface area (TPSA) is 80.0 Å². The van der Waals surface area contributed by atoms with Crippen LogP contribution in [0.2, 0.25) is 5.02 Å². The van der Waals surface area contributed by atoms with Crippen molar-refractivity contribution >= 4 is 35.0 Å². The van der Waals surface area contributed by atoms with Gasteiger partial charge in [-0.15, -0.1) is 10.2 Å². The molecule has 2 N–H and O–H groups in total. The molecule has 1 amide bonds. The average molecular weight is 417 g/mol. The van der Waals surface area contributed by atoms with Crippen molar-refractivity contribution < 1.29 is 9.90 Å². The molecule has 0 atom stereocenters. The van der Waals surface area contributed by atoms with Crippen LogP contribution in [0.4, 0.5) is 5.69 Å². The van der Waals surface area contributed by atoms with Crippen molar-refractivity contribution in [1.82, 2.24) is 14.8 Å². The second kappa shape index (κ2) is 9.73. The Labute approximate surface area is 172 Å². The molecule has 6 nitrogen and oxygen atoms in total. The number of amides is 1. The van der Waals surface area contributed by atoms with Gasteiger partial charge in [0.2, 0.25) is 5.91 Å². The fourth-order valence-electron chi connectivity index (χ4n) is 2.65. The molecule has 0 radical (unpaired) electrons. The number of aliphatic hydroxyl groups excluding tert-OH is 1. The molecule has 0 spiro atoms. The van der Waals surface area contributed by atoms with Gasteiger partial charge in [-0.3, -0.25) is 9.36 Å². The van der Waals surface area contributed by atoms with Crippen LogP contribution in [0.25, 0.3) is 5.69 Å². The molecular weight excluding hydrogens is 396 g/mol.